The number of likely N-dealkylation sites (tertiary alicyclic amines) is 1. The number of hydrogen-bond donors (Lipinski definition) is 3. The number of likely N-dealkylation sites (N-methyl/N-ethyl adjacent to an activating group) is 1. The number of amides is 3. The zero-order valence-electron chi connectivity index (χ0n) is 32.2. The second-order valence-electron chi connectivity index (χ2n) is 14.5. The number of aliphatic carboxylic acids is 1. The van der Waals surface area contributed by atoms with Crippen LogP contribution < -0.4 is 10.6 Å². The van der Waals surface area contributed by atoms with Gasteiger partial charge in [-0.2, -0.15) is 0 Å². The van der Waals surface area contributed by atoms with Gasteiger partial charge in [-0.3, -0.25) is 28.9 Å². The molecule has 3 rings (SSSR count). The highest BCUT2D eigenvalue weighted by Crippen LogP contribution is 2.32. The van der Waals surface area contributed by atoms with Crippen molar-refractivity contribution in [1.82, 2.24) is 25.4 Å². The van der Waals surface area contributed by atoms with E-state index in [1.54, 1.807) is 17.5 Å². The Balaban J connectivity index is 1.86. The van der Waals surface area contributed by atoms with Crippen molar-refractivity contribution in [2.45, 2.75) is 130 Å². The first-order chi connectivity index (χ1) is 25.1. The molecule has 12 nitrogen and oxygen atoms in total. The van der Waals surface area contributed by atoms with Crippen molar-refractivity contribution in [3.63, 3.8) is 0 Å². The minimum absolute atomic E-state index is 0.0643. The van der Waals surface area contributed by atoms with Crippen LogP contribution in [0.2, 0.25) is 0 Å². The van der Waals surface area contributed by atoms with Crippen LogP contribution in [0.1, 0.15) is 120 Å². The molecule has 53 heavy (non-hydrogen) atoms. The molecule has 0 spiro atoms. The first-order valence-corrected chi connectivity index (χ1v) is 19.7. The topological polar surface area (TPSA) is 158 Å². The molecule has 0 radical (unpaired) electrons. The lowest BCUT2D eigenvalue weighted by Crippen LogP contribution is -2.58. The largest absolute Gasteiger partial charge is 0.481 e. The number of carboxylic acids is 1. The van der Waals surface area contributed by atoms with Gasteiger partial charge in [0.2, 0.25) is 11.8 Å². The van der Waals surface area contributed by atoms with Crippen molar-refractivity contribution in [2.24, 2.45) is 11.8 Å². The summed E-state index contributed by atoms with van der Waals surface area (Å²) in [6, 6.07) is 3.82. The number of rotatable bonds is 20. The fourth-order valence-electron chi connectivity index (χ4n) is 6.80. The van der Waals surface area contributed by atoms with Crippen LogP contribution in [0.25, 0.3) is 0 Å². The maximum Gasteiger partial charge on any atom is 0.303 e. The molecule has 1 aromatic carbocycles. The van der Waals surface area contributed by atoms with E-state index in [9.17, 15) is 33.5 Å². The highest BCUT2D eigenvalue weighted by Gasteiger charge is 2.38. The third-order valence-electron chi connectivity index (χ3n) is 10.00. The predicted octanol–water partition coefficient (Wildman–Crippen LogP) is 5.76. The van der Waals surface area contributed by atoms with Gasteiger partial charge in [0.15, 0.2) is 6.10 Å². The Kier molecular flexibility index (Phi) is 17.3. The lowest BCUT2D eigenvalue weighted by atomic mass is 9.92. The number of benzene rings is 1. The molecule has 1 aliphatic heterocycles. The molecule has 3 amide bonds. The molecule has 1 aliphatic rings. The van der Waals surface area contributed by atoms with Gasteiger partial charge in [0.05, 0.1) is 6.04 Å². The lowest BCUT2D eigenvalue weighted by molar-refractivity contribution is -0.149. The van der Waals surface area contributed by atoms with Gasteiger partial charge in [0.1, 0.15) is 22.6 Å². The number of carboxylic acid groups (broad SMARTS) is 1. The van der Waals surface area contributed by atoms with E-state index < -0.39 is 47.9 Å². The summed E-state index contributed by atoms with van der Waals surface area (Å²) < 4.78 is 19.3. The summed E-state index contributed by atoms with van der Waals surface area (Å²) in [7, 11) is 1.94. The van der Waals surface area contributed by atoms with Crippen molar-refractivity contribution in [3.8, 4) is 0 Å². The third-order valence-corrected chi connectivity index (χ3v) is 10.9. The van der Waals surface area contributed by atoms with Gasteiger partial charge < -0.3 is 25.4 Å². The Morgan fingerprint density at radius 3 is 2.38 bits per heavy atom. The maximum absolute atomic E-state index is 14.5. The van der Waals surface area contributed by atoms with Gasteiger partial charge in [-0.05, 0) is 75.2 Å². The summed E-state index contributed by atoms with van der Waals surface area (Å²) in [5, 5.41) is 17.2. The van der Waals surface area contributed by atoms with Crippen LogP contribution >= 0.6 is 11.3 Å². The number of hydrogen-bond acceptors (Lipinski definition) is 9. The highest BCUT2D eigenvalue weighted by molar-refractivity contribution is 7.09. The first kappa shape index (κ1) is 43.5. The van der Waals surface area contributed by atoms with Gasteiger partial charge >= 0.3 is 11.9 Å². The molecule has 294 valence electrons. The molecule has 1 aromatic heterocycles. The minimum atomic E-state index is -1.01. The SMILES string of the molecule is CCCN(C(=O)[C@@H](NC(=O)C1CCCCN1C)[C@@H](C)CC)C(C[C@@H](OC(C)=O)c1nc(C(=O)NC(CCC(=O)O)Cc2ccc(F)cc2)cs1)C(C)C. The predicted molar refractivity (Wildman–Crippen MR) is 202 cm³/mol. The molecular formula is C39H58FN5O7S. The number of carbonyl (C=O) groups excluding carboxylic acids is 4. The number of carbonyl (C=O) groups is 5. The van der Waals surface area contributed by atoms with E-state index in [2.05, 4.69) is 15.6 Å². The van der Waals surface area contributed by atoms with Crippen LogP contribution in [0.15, 0.2) is 29.6 Å². The molecule has 2 aromatic rings. The first-order valence-electron chi connectivity index (χ1n) is 18.9. The summed E-state index contributed by atoms with van der Waals surface area (Å²) >= 11 is 1.16. The molecule has 3 N–H and O–H groups in total. The average Bonchev–Trinajstić information content (AvgIpc) is 3.61. The molecule has 0 saturated carbocycles. The number of nitrogens with one attached hydrogen (secondary N) is 2. The number of ether oxygens (including phenoxy) is 1. The summed E-state index contributed by atoms with van der Waals surface area (Å²) in [5.74, 6) is -2.98. The maximum atomic E-state index is 14.5. The van der Waals surface area contributed by atoms with Gasteiger partial charge in [-0.25, -0.2) is 9.37 Å². The Labute approximate surface area is 317 Å². The number of esters is 1. The fourth-order valence-corrected chi connectivity index (χ4v) is 7.64. The van der Waals surface area contributed by atoms with Crippen molar-refractivity contribution in [1.29, 1.82) is 0 Å². The van der Waals surface area contributed by atoms with E-state index in [0.717, 1.165) is 42.7 Å². The van der Waals surface area contributed by atoms with Crippen molar-refractivity contribution in [2.75, 3.05) is 20.1 Å². The van der Waals surface area contributed by atoms with Crippen molar-refractivity contribution < 1.29 is 38.2 Å². The third kappa shape index (κ3) is 13.2. The monoisotopic (exact) mass is 759 g/mol. The molecular weight excluding hydrogens is 702 g/mol. The number of nitrogens with zero attached hydrogens (tertiary/aromatic N) is 3. The normalized spacial score (nSPS) is 17.6. The van der Waals surface area contributed by atoms with Crippen molar-refractivity contribution in [3.05, 3.63) is 51.7 Å². The van der Waals surface area contributed by atoms with E-state index in [1.807, 2.05) is 51.5 Å². The average molecular weight is 760 g/mol. The standard InChI is InChI=1S/C39H58FN5O7S/c1-8-19-45(39(51)35(25(5)9-2)43-37(50)31-12-10-11-20-44(31)7)32(24(3)4)22-33(52-26(6)46)38-42-30(23-53-38)36(49)41-29(17-18-34(47)48)21-27-13-15-28(40)16-14-27/h13-16,23-25,29,31-33,35H,8-12,17-22H2,1-7H3,(H,41,49)(H,43,50)(H,47,48)/t25-,29?,31?,32?,33+,35-/m0/s1. The van der Waals surface area contributed by atoms with E-state index >= 15 is 0 Å². The van der Waals surface area contributed by atoms with Crippen LogP contribution in [0.4, 0.5) is 4.39 Å². The van der Waals surface area contributed by atoms with E-state index in [1.165, 1.54) is 19.1 Å². The molecule has 0 aliphatic carbocycles. The number of halogens is 1. The van der Waals surface area contributed by atoms with Crippen LogP contribution in [-0.4, -0.2) is 93.9 Å². The van der Waals surface area contributed by atoms with Crippen LogP contribution in [-0.2, 0) is 30.3 Å². The molecule has 1 saturated heterocycles. The van der Waals surface area contributed by atoms with Crippen molar-refractivity contribution >= 4 is 41.0 Å². The summed E-state index contributed by atoms with van der Waals surface area (Å²) in [6.45, 7) is 12.5. The molecule has 3 unspecified atom stereocenters. The Hall–Kier alpha value is -3.91. The Morgan fingerprint density at radius 2 is 1.79 bits per heavy atom. The van der Waals surface area contributed by atoms with Crippen LogP contribution in [0.3, 0.4) is 0 Å². The number of aromatic nitrogens is 1. The van der Waals surface area contributed by atoms with Crippen LogP contribution in [0.5, 0.6) is 0 Å². The Bertz CT molecular complexity index is 1520. The molecule has 1 fully saturated rings. The summed E-state index contributed by atoms with van der Waals surface area (Å²) in [6.07, 6.45) is 3.71. The summed E-state index contributed by atoms with van der Waals surface area (Å²) in [5.41, 5.74) is 0.815. The fraction of sp³-hybridized carbons (Fsp3) is 0.641. The van der Waals surface area contributed by atoms with E-state index in [4.69, 9.17) is 4.74 Å². The molecule has 0 bridgehead atoms. The highest BCUT2D eigenvalue weighted by atomic mass is 32.1. The van der Waals surface area contributed by atoms with Gasteiger partial charge in [-0.1, -0.05) is 59.6 Å². The molecule has 2 heterocycles. The van der Waals surface area contributed by atoms with Gasteiger partial charge in [-0.15, -0.1) is 11.3 Å². The zero-order valence-corrected chi connectivity index (χ0v) is 33.0. The molecule has 14 heteroatoms. The minimum Gasteiger partial charge on any atom is -0.481 e. The second-order valence-corrected chi connectivity index (χ2v) is 15.4. The number of thiazole rings is 1. The Morgan fingerprint density at radius 1 is 1.09 bits per heavy atom. The van der Waals surface area contributed by atoms with Gasteiger partial charge in [0, 0.05) is 43.8 Å². The van der Waals surface area contributed by atoms with E-state index in [0.29, 0.717) is 30.8 Å². The molecule has 6 atom stereocenters. The number of piperidine rings is 1. The quantitative estimate of drug-likeness (QED) is 0.143. The van der Waals surface area contributed by atoms with Gasteiger partial charge in [0.25, 0.3) is 5.91 Å². The van der Waals surface area contributed by atoms with Crippen LogP contribution in [0, 0.1) is 17.7 Å². The lowest BCUT2D eigenvalue weighted by Gasteiger charge is -2.40. The smallest absolute Gasteiger partial charge is 0.303 e. The summed E-state index contributed by atoms with van der Waals surface area (Å²) in [4.78, 5) is 73.7. The second kappa shape index (κ2) is 21.1. The van der Waals surface area contributed by atoms with E-state index in [-0.39, 0.29) is 54.6 Å². The zero-order chi connectivity index (χ0) is 39.2.